The van der Waals surface area contributed by atoms with Gasteiger partial charge >= 0.3 is 16.3 Å². The fourth-order valence-corrected chi connectivity index (χ4v) is 4.72. The first kappa shape index (κ1) is 27.5. The number of benzene rings is 1. The fourth-order valence-electron chi connectivity index (χ4n) is 3.71. The topological polar surface area (TPSA) is 175 Å². The van der Waals surface area contributed by atoms with Gasteiger partial charge in [0.2, 0.25) is 0 Å². The van der Waals surface area contributed by atoms with Crippen molar-refractivity contribution < 1.29 is 22.3 Å². The van der Waals surface area contributed by atoms with E-state index >= 15 is 0 Å². The van der Waals surface area contributed by atoms with Crippen LogP contribution in [0.1, 0.15) is 26.3 Å². The molecule has 0 bridgehead atoms. The van der Waals surface area contributed by atoms with E-state index in [1.54, 1.807) is 57.3 Å². The second kappa shape index (κ2) is 9.98. The fraction of sp³-hybridized carbons (Fsp3) is 0.292. The van der Waals surface area contributed by atoms with E-state index in [-0.39, 0.29) is 35.4 Å². The van der Waals surface area contributed by atoms with Gasteiger partial charge in [0.1, 0.15) is 22.8 Å². The van der Waals surface area contributed by atoms with Gasteiger partial charge in [-0.15, -0.1) is 0 Å². The molecule has 13 nitrogen and oxygen atoms in total. The van der Waals surface area contributed by atoms with Crippen LogP contribution in [0.4, 0.5) is 26.5 Å². The molecule has 0 saturated heterocycles. The summed E-state index contributed by atoms with van der Waals surface area (Å²) in [5.74, 6) is -0.942. The smallest absolute Gasteiger partial charge is 0.425 e. The third-order valence-electron chi connectivity index (χ3n) is 5.59. The van der Waals surface area contributed by atoms with Crippen LogP contribution in [-0.4, -0.2) is 63.2 Å². The van der Waals surface area contributed by atoms with Gasteiger partial charge in [0, 0.05) is 25.9 Å². The predicted octanol–water partition coefficient (Wildman–Crippen LogP) is 2.79. The molecule has 0 aliphatic rings. The second-order valence-electron chi connectivity index (χ2n) is 9.56. The molecule has 4 N–H and O–H groups in total. The Morgan fingerprint density at radius 2 is 1.72 bits per heavy atom. The molecule has 1 aromatic carbocycles. The molecule has 39 heavy (non-hydrogen) atoms. The summed E-state index contributed by atoms with van der Waals surface area (Å²) in [6.07, 6.45) is 0.475. The van der Waals surface area contributed by atoms with Crippen LogP contribution in [-0.2, 0) is 21.5 Å². The molecular weight excluding hydrogens is 529 g/mol. The molecule has 0 unspecified atom stereocenters. The first-order valence-electron chi connectivity index (χ1n) is 11.6. The van der Waals surface area contributed by atoms with Gasteiger partial charge in [-0.3, -0.25) is 0 Å². The normalized spacial score (nSPS) is 11.9. The summed E-state index contributed by atoms with van der Waals surface area (Å²) >= 11 is 0. The Morgan fingerprint density at radius 1 is 1.08 bits per heavy atom. The van der Waals surface area contributed by atoms with Crippen LogP contribution >= 0.6 is 0 Å². The van der Waals surface area contributed by atoms with Gasteiger partial charge in [0.15, 0.2) is 23.1 Å². The van der Waals surface area contributed by atoms with Gasteiger partial charge in [-0.25, -0.2) is 33.1 Å². The molecule has 0 aliphatic carbocycles. The molecule has 206 valence electrons. The number of pyridine rings is 1. The number of aromatic nitrogens is 5. The van der Waals surface area contributed by atoms with Crippen LogP contribution in [0.2, 0.25) is 0 Å². The summed E-state index contributed by atoms with van der Waals surface area (Å²) < 4.78 is 48.3. The Labute approximate surface area is 224 Å². The number of fused-ring (bicyclic) bond motifs is 1. The third kappa shape index (κ3) is 5.38. The molecular formula is C24H28FN9O4S. The Hall–Kier alpha value is -4.53. The van der Waals surface area contributed by atoms with Crippen LogP contribution in [0.25, 0.3) is 22.6 Å². The highest BCUT2D eigenvalue weighted by atomic mass is 32.2. The highest BCUT2D eigenvalue weighted by Gasteiger charge is 2.34. The molecule has 4 aromatic rings. The number of hydrogen-bond acceptors (Lipinski definition) is 10. The van der Waals surface area contributed by atoms with Crippen molar-refractivity contribution in [2.45, 2.75) is 32.9 Å². The van der Waals surface area contributed by atoms with Crippen molar-refractivity contribution >= 4 is 44.7 Å². The Kier molecular flexibility index (Phi) is 7.04. The highest BCUT2D eigenvalue weighted by molar-refractivity contribution is 7.91. The number of nitrogens with two attached hydrogens (primary N) is 2. The largest absolute Gasteiger partial charge is 0.443 e. The number of carbonyl (C=O) groups is 1. The lowest BCUT2D eigenvalue weighted by Crippen LogP contribution is -2.45. The van der Waals surface area contributed by atoms with Crippen molar-refractivity contribution in [3.8, 4) is 11.5 Å². The molecule has 0 atom stereocenters. The van der Waals surface area contributed by atoms with E-state index in [0.717, 1.165) is 14.1 Å². The molecule has 3 aromatic heterocycles. The Morgan fingerprint density at radius 3 is 2.33 bits per heavy atom. The van der Waals surface area contributed by atoms with Crippen molar-refractivity contribution in [1.82, 2.24) is 29.0 Å². The zero-order chi connectivity index (χ0) is 28.7. The van der Waals surface area contributed by atoms with Crippen LogP contribution in [0.15, 0.2) is 42.6 Å². The second-order valence-corrected chi connectivity index (χ2v) is 11.6. The number of ether oxygens (including phenoxy) is 1. The molecule has 0 fully saturated rings. The number of hydrogen-bond donors (Lipinski definition) is 2. The zero-order valence-electron chi connectivity index (χ0n) is 22.0. The lowest BCUT2D eigenvalue weighted by Gasteiger charge is -2.29. The first-order valence-corrected chi connectivity index (χ1v) is 13.0. The van der Waals surface area contributed by atoms with E-state index in [1.165, 1.54) is 10.7 Å². The minimum absolute atomic E-state index is 0.00493. The quantitative estimate of drug-likeness (QED) is 0.358. The molecule has 3 heterocycles. The molecule has 4 rings (SSSR count). The average Bonchev–Trinajstić information content (AvgIpc) is 3.21. The zero-order valence-corrected chi connectivity index (χ0v) is 22.8. The van der Waals surface area contributed by atoms with Crippen molar-refractivity contribution in [2.24, 2.45) is 0 Å². The molecule has 1 amide bonds. The van der Waals surface area contributed by atoms with Crippen LogP contribution < -0.4 is 15.8 Å². The van der Waals surface area contributed by atoms with E-state index in [9.17, 15) is 17.6 Å². The number of rotatable bonds is 6. The van der Waals surface area contributed by atoms with Crippen LogP contribution in [0.5, 0.6) is 0 Å². The summed E-state index contributed by atoms with van der Waals surface area (Å²) in [4.78, 5) is 25.3. The predicted molar refractivity (Wildman–Crippen MR) is 144 cm³/mol. The van der Waals surface area contributed by atoms with Gasteiger partial charge < -0.3 is 16.2 Å². The minimum atomic E-state index is -4.47. The highest BCUT2D eigenvalue weighted by Crippen LogP contribution is 2.33. The average molecular weight is 558 g/mol. The van der Waals surface area contributed by atoms with Gasteiger partial charge in [-0.05, 0) is 39.0 Å². The Bertz CT molecular complexity index is 1640. The maximum absolute atomic E-state index is 14.3. The molecule has 0 saturated carbocycles. The number of nitrogen functional groups attached to an aromatic ring is 2. The van der Waals surface area contributed by atoms with E-state index in [0.29, 0.717) is 25.2 Å². The van der Waals surface area contributed by atoms with E-state index in [1.807, 2.05) is 0 Å². The number of anilines is 3. The maximum atomic E-state index is 14.3. The molecule has 15 heteroatoms. The minimum Gasteiger partial charge on any atom is -0.443 e. The van der Waals surface area contributed by atoms with E-state index in [4.69, 9.17) is 16.2 Å². The van der Waals surface area contributed by atoms with E-state index in [2.05, 4.69) is 20.1 Å². The molecule has 0 aliphatic heterocycles. The van der Waals surface area contributed by atoms with Crippen molar-refractivity contribution in [2.75, 3.05) is 29.9 Å². The summed E-state index contributed by atoms with van der Waals surface area (Å²) in [6, 6.07) is 9.72. The first-order chi connectivity index (χ1) is 18.2. The van der Waals surface area contributed by atoms with Crippen molar-refractivity contribution in [3.63, 3.8) is 0 Å². The van der Waals surface area contributed by atoms with Crippen molar-refractivity contribution in [1.29, 1.82) is 0 Å². The molecule has 0 radical (unpaired) electrons. The number of nitrogens with zero attached hydrogens (tertiary/aromatic N) is 7. The van der Waals surface area contributed by atoms with Gasteiger partial charge in [-0.2, -0.15) is 17.8 Å². The van der Waals surface area contributed by atoms with Gasteiger partial charge in [0.25, 0.3) is 0 Å². The summed E-state index contributed by atoms with van der Waals surface area (Å²) in [5.41, 5.74) is 12.3. The summed E-state index contributed by atoms with van der Waals surface area (Å²) in [5, 5.41) is 5.08. The van der Waals surface area contributed by atoms with Gasteiger partial charge in [-0.1, -0.05) is 18.2 Å². The summed E-state index contributed by atoms with van der Waals surface area (Å²) in [6.45, 7) is 4.90. The Balaban J connectivity index is 1.73. The summed E-state index contributed by atoms with van der Waals surface area (Å²) in [7, 11) is -2.27. The monoisotopic (exact) mass is 557 g/mol. The third-order valence-corrected chi connectivity index (χ3v) is 7.31. The van der Waals surface area contributed by atoms with Crippen LogP contribution in [0.3, 0.4) is 0 Å². The number of amides is 1. The van der Waals surface area contributed by atoms with Crippen molar-refractivity contribution in [3.05, 3.63) is 54.0 Å². The maximum Gasteiger partial charge on any atom is 0.425 e. The van der Waals surface area contributed by atoms with E-state index < -0.39 is 27.7 Å². The lowest BCUT2D eigenvalue weighted by atomic mass is 10.2. The number of halogens is 1. The lowest BCUT2D eigenvalue weighted by molar-refractivity contribution is 0.0420. The molecule has 0 spiro atoms. The standard InChI is InChI=1S/C24H28FN9O4S/c1-24(2,3)38-23(35)33(5)39(36,37)32(4)18-19(26)29-21(30-20(18)27)17-15-10-8-12-28-22(15)34(31-17)13-14-9-6-7-11-16(14)25/h6-12H,13H2,1-5H3,(H4,26,27,29,30). The number of carbonyl (C=O) groups excluding carboxylic acids is 1. The SMILES string of the molecule is CN(C(=O)OC(C)(C)C)S(=O)(=O)N(C)c1c(N)nc(-c2nn(Cc3ccccc3F)c3ncccc23)nc1N. The van der Waals surface area contributed by atoms with Gasteiger partial charge in [0.05, 0.1) is 11.9 Å². The van der Waals surface area contributed by atoms with Crippen LogP contribution in [0, 0.1) is 5.82 Å².